The molecule has 0 aromatic heterocycles. The van der Waals surface area contributed by atoms with Crippen LogP contribution in [0, 0.1) is 0 Å². The van der Waals surface area contributed by atoms with E-state index in [9.17, 15) is 4.79 Å². The average Bonchev–Trinajstić information content (AvgIpc) is 2.99. The summed E-state index contributed by atoms with van der Waals surface area (Å²) in [5, 5.41) is 2.95. The van der Waals surface area contributed by atoms with Crippen LogP contribution in [0.2, 0.25) is 0 Å². The fraction of sp³-hybridized carbons (Fsp3) is 0.562. The second-order valence-corrected chi connectivity index (χ2v) is 6.51. The summed E-state index contributed by atoms with van der Waals surface area (Å²) in [4.78, 5) is 15.2. The minimum Gasteiger partial charge on any atom is -0.376 e. The fourth-order valence-corrected chi connectivity index (χ4v) is 3.24. The molecule has 1 aromatic rings. The minimum atomic E-state index is 0.0812. The highest BCUT2D eigenvalue weighted by molar-refractivity contribution is 7.99. The maximum atomic E-state index is 11.8. The molecule has 1 heterocycles. The number of nitrogens with one attached hydrogen (secondary N) is 1. The minimum absolute atomic E-state index is 0.0812. The van der Waals surface area contributed by atoms with Crippen LogP contribution in [0.3, 0.4) is 0 Å². The standard InChI is InChI=1S/C16H24N2O2S/c1-18(9-11-21-15-7-3-2-4-8-15)13-16(19)17-12-14-6-5-10-20-14/h2-4,7-8,14H,5-6,9-13H2,1H3,(H,17,19). The van der Waals surface area contributed by atoms with Gasteiger partial charge in [-0.15, -0.1) is 11.8 Å². The summed E-state index contributed by atoms with van der Waals surface area (Å²) in [6.45, 7) is 2.82. The number of nitrogens with zero attached hydrogens (tertiary/aromatic N) is 1. The van der Waals surface area contributed by atoms with E-state index < -0.39 is 0 Å². The maximum absolute atomic E-state index is 11.8. The topological polar surface area (TPSA) is 41.6 Å². The number of benzene rings is 1. The summed E-state index contributed by atoms with van der Waals surface area (Å²) in [5.74, 6) is 1.07. The van der Waals surface area contributed by atoms with E-state index in [1.165, 1.54) is 4.90 Å². The highest BCUT2D eigenvalue weighted by Gasteiger charge is 2.16. The van der Waals surface area contributed by atoms with Crippen LogP contribution in [0.1, 0.15) is 12.8 Å². The first kappa shape index (κ1) is 16.3. The Hall–Kier alpha value is -1.04. The molecule has 0 saturated carbocycles. The average molecular weight is 308 g/mol. The first-order chi connectivity index (χ1) is 10.2. The molecule has 0 bridgehead atoms. The number of carbonyl (C=O) groups is 1. The molecule has 1 atom stereocenters. The van der Waals surface area contributed by atoms with E-state index in [0.29, 0.717) is 13.1 Å². The second kappa shape index (κ2) is 9.07. The lowest BCUT2D eigenvalue weighted by Crippen LogP contribution is -2.39. The third-order valence-electron chi connectivity index (χ3n) is 3.45. The maximum Gasteiger partial charge on any atom is 0.234 e. The highest BCUT2D eigenvalue weighted by Crippen LogP contribution is 2.16. The Kier molecular flexibility index (Phi) is 7.06. The van der Waals surface area contributed by atoms with Crippen LogP contribution in [0.5, 0.6) is 0 Å². The van der Waals surface area contributed by atoms with Gasteiger partial charge in [0.2, 0.25) is 5.91 Å². The van der Waals surface area contributed by atoms with Crippen LogP contribution < -0.4 is 5.32 Å². The summed E-state index contributed by atoms with van der Waals surface area (Å²) in [7, 11) is 1.98. The van der Waals surface area contributed by atoms with Crippen molar-refractivity contribution in [3.8, 4) is 0 Å². The molecule has 4 nitrogen and oxygen atoms in total. The summed E-state index contributed by atoms with van der Waals surface area (Å²) < 4.78 is 5.49. The number of hydrogen-bond donors (Lipinski definition) is 1. The van der Waals surface area contributed by atoms with Crippen molar-refractivity contribution in [1.82, 2.24) is 10.2 Å². The number of carbonyl (C=O) groups excluding carboxylic acids is 1. The lowest BCUT2D eigenvalue weighted by Gasteiger charge is -2.17. The molecule has 5 heteroatoms. The van der Waals surface area contributed by atoms with Gasteiger partial charge in [-0.2, -0.15) is 0 Å². The molecule has 116 valence electrons. The van der Waals surface area contributed by atoms with Gasteiger partial charge in [-0.05, 0) is 32.0 Å². The van der Waals surface area contributed by atoms with Gasteiger partial charge in [-0.3, -0.25) is 9.69 Å². The zero-order valence-corrected chi connectivity index (χ0v) is 13.4. The first-order valence-corrected chi connectivity index (χ1v) is 8.47. The zero-order valence-electron chi connectivity index (χ0n) is 12.6. The van der Waals surface area contributed by atoms with Gasteiger partial charge in [0.1, 0.15) is 0 Å². The van der Waals surface area contributed by atoms with E-state index in [2.05, 4.69) is 22.3 Å². The molecule has 21 heavy (non-hydrogen) atoms. The van der Waals surface area contributed by atoms with E-state index in [4.69, 9.17) is 4.74 Å². The van der Waals surface area contributed by atoms with Crippen molar-refractivity contribution in [3.05, 3.63) is 30.3 Å². The van der Waals surface area contributed by atoms with Crippen molar-refractivity contribution < 1.29 is 9.53 Å². The lowest BCUT2D eigenvalue weighted by atomic mass is 10.2. The van der Waals surface area contributed by atoms with Crippen LogP contribution in [0.15, 0.2) is 35.2 Å². The Bertz CT molecular complexity index is 422. The Balaban J connectivity index is 1.55. The molecule has 1 N–H and O–H groups in total. The third kappa shape index (κ3) is 6.50. The molecule has 1 aliphatic heterocycles. The van der Waals surface area contributed by atoms with Crippen LogP contribution in [-0.4, -0.2) is 56.0 Å². The molecule has 0 aliphatic carbocycles. The molecule has 1 unspecified atom stereocenters. The van der Waals surface area contributed by atoms with E-state index >= 15 is 0 Å². The van der Waals surface area contributed by atoms with Crippen LogP contribution in [-0.2, 0) is 9.53 Å². The van der Waals surface area contributed by atoms with Crippen LogP contribution in [0.4, 0.5) is 0 Å². The molecular formula is C16H24N2O2S. The van der Waals surface area contributed by atoms with Gasteiger partial charge in [0, 0.05) is 30.3 Å². The highest BCUT2D eigenvalue weighted by atomic mass is 32.2. The van der Waals surface area contributed by atoms with Gasteiger partial charge in [-0.1, -0.05) is 18.2 Å². The Morgan fingerprint density at radius 3 is 2.95 bits per heavy atom. The molecule has 0 radical (unpaired) electrons. The number of likely N-dealkylation sites (N-methyl/N-ethyl adjacent to an activating group) is 1. The third-order valence-corrected chi connectivity index (χ3v) is 4.44. The van der Waals surface area contributed by atoms with Crippen LogP contribution >= 0.6 is 11.8 Å². The number of hydrogen-bond acceptors (Lipinski definition) is 4. The first-order valence-electron chi connectivity index (χ1n) is 7.49. The molecule has 1 fully saturated rings. The summed E-state index contributed by atoms with van der Waals surface area (Å²) in [6, 6.07) is 10.3. The molecule has 1 aliphatic rings. The lowest BCUT2D eigenvalue weighted by molar-refractivity contribution is -0.122. The molecule has 0 spiro atoms. The number of amides is 1. The summed E-state index contributed by atoms with van der Waals surface area (Å²) in [5.41, 5.74) is 0. The van der Waals surface area contributed by atoms with Gasteiger partial charge < -0.3 is 10.1 Å². The predicted molar refractivity (Wildman–Crippen MR) is 86.6 cm³/mol. The SMILES string of the molecule is CN(CCSc1ccccc1)CC(=O)NCC1CCCO1. The number of thioether (sulfide) groups is 1. The molecule has 2 rings (SSSR count). The van der Waals surface area contributed by atoms with E-state index in [1.807, 2.05) is 37.0 Å². The summed E-state index contributed by atoms with van der Waals surface area (Å²) in [6.07, 6.45) is 2.38. The van der Waals surface area contributed by atoms with Gasteiger partial charge >= 0.3 is 0 Å². The zero-order chi connectivity index (χ0) is 14.9. The smallest absolute Gasteiger partial charge is 0.234 e. The van der Waals surface area contributed by atoms with E-state index in [-0.39, 0.29) is 12.0 Å². The second-order valence-electron chi connectivity index (χ2n) is 5.34. The van der Waals surface area contributed by atoms with Gasteiger partial charge in [0.05, 0.1) is 12.6 Å². The molecule has 1 aromatic carbocycles. The largest absolute Gasteiger partial charge is 0.376 e. The molecule has 1 saturated heterocycles. The van der Waals surface area contributed by atoms with Gasteiger partial charge in [0.25, 0.3) is 0 Å². The number of ether oxygens (including phenoxy) is 1. The fourth-order valence-electron chi connectivity index (χ4n) is 2.25. The van der Waals surface area contributed by atoms with Crippen molar-refractivity contribution in [3.63, 3.8) is 0 Å². The van der Waals surface area contributed by atoms with E-state index in [0.717, 1.165) is 31.7 Å². The summed E-state index contributed by atoms with van der Waals surface area (Å²) >= 11 is 1.82. The molecule has 1 amide bonds. The van der Waals surface area contributed by atoms with Crippen molar-refractivity contribution >= 4 is 17.7 Å². The quantitative estimate of drug-likeness (QED) is 0.746. The van der Waals surface area contributed by atoms with Crippen molar-refractivity contribution in [2.75, 3.05) is 39.0 Å². The predicted octanol–water partition coefficient (Wildman–Crippen LogP) is 2.01. The Labute approximate surface area is 131 Å². The molecular weight excluding hydrogens is 284 g/mol. The van der Waals surface area contributed by atoms with Gasteiger partial charge in [0.15, 0.2) is 0 Å². The van der Waals surface area contributed by atoms with Crippen LogP contribution in [0.25, 0.3) is 0 Å². The Morgan fingerprint density at radius 2 is 2.24 bits per heavy atom. The van der Waals surface area contributed by atoms with Crippen molar-refractivity contribution in [1.29, 1.82) is 0 Å². The van der Waals surface area contributed by atoms with Crippen molar-refractivity contribution in [2.24, 2.45) is 0 Å². The van der Waals surface area contributed by atoms with Crippen molar-refractivity contribution in [2.45, 2.75) is 23.8 Å². The van der Waals surface area contributed by atoms with E-state index in [1.54, 1.807) is 0 Å². The normalized spacial score (nSPS) is 18.1. The number of rotatable bonds is 8. The monoisotopic (exact) mass is 308 g/mol. The Morgan fingerprint density at radius 1 is 1.43 bits per heavy atom. The van der Waals surface area contributed by atoms with Gasteiger partial charge in [-0.25, -0.2) is 0 Å².